The molecule has 6 nitrogen and oxygen atoms in total. The van der Waals surface area contributed by atoms with Gasteiger partial charge >= 0.3 is 0 Å². The van der Waals surface area contributed by atoms with E-state index in [1.165, 1.54) is 4.90 Å². The van der Waals surface area contributed by atoms with E-state index in [4.69, 9.17) is 27.6 Å². The summed E-state index contributed by atoms with van der Waals surface area (Å²) in [5.41, 5.74) is 0.334. The number of nitrogens with zero attached hydrogens (tertiary/aromatic N) is 1. The van der Waals surface area contributed by atoms with Crippen molar-refractivity contribution < 1.29 is 14.0 Å². The van der Waals surface area contributed by atoms with Crippen LogP contribution in [0.25, 0.3) is 0 Å². The minimum atomic E-state index is -0.384. The molecule has 1 aromatic heterocycles. The number of amides is 2. The third kappa shape index (κ3) is 5.49. The molecule has 0 spiro atoms. The molecule has 0 aliphatic carbocycles. The van der Waals surface area contributed by atoms with Crippen molar-refractivity contribution in [1.82, 2.24) is 10.2 Å². The standard InChI is InChI=1S/C17H19Cl2N3O3/c1-11(14-7-4-8-25-14)20-9-16(24)22(2)10-15(23)21-17-12(18)5-3-6-13(17)19/h3-8,11,20H,9-10H2,1-2H3,(H,21,23)/t11-/m0/s1. The van der Waals surface area contributed by atoms with Crippen molar-refractivity contribution >= 4 is 40.7 Å². The fourth-order valence-electron chi connectivity index (χ4n) is 2.11. The first kappa shape index (κ1) is 19.3. The first-order chi connectivity index (χ1) is 11.9. The summed E-state index contributed by atoms with van der Waals surface area (Å²) in [4.78, 5) is 25.6. The molecule has 0 aliphatic heterocycles. The van der Waals surface area contributed by atoms with Crippen molar-refractivity contribution in [3.63, 3.8) is 0 Å². The monoisotopic (exact) mass is 383 g/mol. The van der Waals surface area contributed by atoms with Gasteiger partial charge in [-0.1, -0.05) is 29.3 Å². The zero-order valence-corrected chi connectivity index (χ0v) is 15.4. The molecule has 0 saturated heterocycles. The molecule has 0 fully saturated rings. The number of likely N-dealkylation sites (N-methyl/N-ethyl adjacent to an activating group) is 1. The predicted octanol–water partition coefficient (Wildman–Crippen LogP) is 3.33. The average molecular weight is 384 g/mol. The van der Waals surface area contributed by atoms with E-state index in [9.17, 15) is 9.59 Å². The zero-order chi connectivity index (χ0) is 18.4. The summed E-state index contributed by atoms with van der Waals surface area (Å²) in [5.74, 6) is 0.130. The lowest BCUT2D eigenvalue weighted by molar-refractivity contribution is -0.132. The van der Waals surface area contributed by atoms with Crippen LogP contribution >= 0.6 is 23.2 Å². The smallest absolute Gasteiger partial charge is 0.244 e. The average Bonchev–Trinajstić information content (AvgIpc) is 3.10. The van der Waals surface area contributed by atoms with Crippen LogP contribution in [-0.2, 0) is 9.59 Å². The lowest BCUT2D eigenvalue weighted by Gasteiger charge is -2.19. The van der Waals surface area contributed by atoms with Crippen LogP contribution in [-0.4, -0.2) is 36.9 Å². The molecule has 2 rings (SSSR count). The van der Waals surface area contributed by atoms with Gasteiger partial charge in [-0.05, 0) is 31.2 Å². The highest BCUT2D eigenvalue weighted by molar-refractivity contribution is 6.39. The molecular weight excluding hydrogens is 365 g/mol. The Morgan fingerprint density at radius 1 is 1.20 bits per heavy atom. The van der Waals surface area contributed by atoms with Crippen molar-refractivity contribution in [3.05, 3.63) is 52.4 Å². The van der Waals surface area contributed by atoms with E-state index in [-0.39, 0.29) is 30.9 Å². The molecule has 0 saturated carbocycles. The van der Waals surface area contributed by atoms with Gasteiger partial charge in [-0.15, -0.1) is 0 Å². The van der Waals surface area contributed by atoms with Gasteiger partial charge in [0.15, 0.2) is 0 Å². The Balaban J connectivity index is 1.83. The Labute approximate surface area is 156 Å². The van der Waals surface area contributed by atoms with Crippen molar-refractivity contribution in [1.29, 1.82) is 0 Å². The molecule has 8 heteroatoms. The van der Waals surface area contributed by atoms with E-state index in [0.717, 1.165) is 5.76 Å². The van der Waals surface area contributed by atoms with E-state index in [0.29, 0.717) is 15.7 Å². The number of carbonyl (C=O) groups excluding carboxylic acids is 2. The Bertz CT molecular complexity index is 714. The SMILES string of the molecule is C[C@H](NCC(=O)N(C)CC(=O)Nc1c(Cl)cccc1Cl)c1ccco1. The molecule has 0 unspecified atom stereocenters. The number of halogens is 2. The summed E-state index contributed by atoms with van der Waals surface area (Å²) < 4.78 is 5.26. The minimum absolute atomic E-state index is 0.0818. The fraction of sp³-hybridized carbons (Fsp3) is 0.294. The number of furan rings is 1. The van der Waals surface area contributed by atoms with Gasteiger partial charge in [-0.3, -0.25) is 14.9 Å². The van der Waals surface area contributed by atoms with Crippen molar-refractivity contribution in [2.45, 2.75) is 13.0 Å². The normalized spacial score (nSPS) is 11.8. The Morgan fingerprint density at radius 2 is 1.88 bits per heavy atom. The van der Waals surface area contributed by atoms with E-state index in [1.807, 2.05) is 13.0 Å². The number of hydrogen-bond donors (Lipinski definition) is 2. The van der Waals surface area contributed by atoms with Crippen molar-refractivity contribution in [2.24, 2.45) is 0 Å². The number of rotatable bonds is 7. The van der Waals surface area contributed by atoms with Crippen LogP contribution in [0.1, 0.15) is 18.7 Å². The first-order valence-corrected chi connectivity index (χ1v) is 8.38. The van der Waals surface area contributed by atoms with E-state index >= 15 is 0 Å². The van der Waals surface area contributed by atoms with Crippen LogP contribution < -0.4 is 10.6 Å². The van der Waals surface area contributed by atoms with Gasteiger partial charge in [0.1, 0.15) is 5.76 Å². The number of benzene rings is 1. The number of hydrogen-bond acceptors (Lipinski definition) is 4. The topological polar surface area (TPSA) is 74.6 Å². The number of para-hydroxylation sites is 1. The van der Waals surface area contributed by atoms with Gasteiger partial charge in [0.2, 0.25) is 11.8 Å². The predicted molar refractivity (Wildman–Crippen MR) is 97.9 cm³/mol. The first-order valence-electron chi connectivity index (χ1n) is 7.63. The van der Waals surface area contributed by atoms with E-state index < -0.39 is 0 Å². The van der Waals surface area contributed by atoms with Gasteiger partial charge in [-0.2, -0.15) is 0 Å². The summed E-state index contributed by atoms with van der Waals surface area (Å²) >= 11 is 12.0. The third-order valence-corrected chi connectivity index (χ3v) is 4.19. The maximum atomic E-state index is 12.1. The molecule has 1 aromatic carbocycles. The largest absolute Gasteiger partial charge is 0.468 e. The number of carbonyl (C=O) groups is 2. The van der Waals surface area contributed by atoms with Gasteiger partial charge in [0.05, 0.1) is 41.1 Å². The van der Waals surface area contributed by atoms with Gasteiger partial charge in [0, 0.05) is 7.05 Å². The van der Waals surface area contributed by atoms with Crippen molar-refractivity contribution in [2.75, 3.05) is 25.5 Å². The molecule has 0 aliphatic rings. The van der Waals surface area contributed by atoms with Crippen LogP contribution in [0, 0.1) is 0 Å². The number of nitrogens with one attached hydrogen (secondary N) is 2. The summed E-state index contributed by atoms with van der Waals surface area (Å²) in [6.07, 6.45) is 1.58. The molecule has 2 amide bonds. The van der Waals surface area contributed by atoms with Crippen LogP contribution in [0.2, 0.25) is 10.0 Å². The maximum absolute atomic E-state index is 12.1. The highest BCUT2D eigenvalue weighted by Gasteiger charge is 2.16. The van der Waals surface area contributed by atoms with Crippen LogP contribution in [0.5, 0.6) is 0 Å². The summed E-state index contributed by atoms with van der Waals surface area (Å²) in [6, 6.07) is 8.43. The molecule has 2 aromatic rings. The lowest BCUT2D eigenvalue weighted by atomic mass is 10.2. The zero-order valence-electron chi connectivity index (χ0n) is 13.9. The second kappa shape index (κ2) is 8.89. The fourth-order valence-corrected chi connectivity index (χ4v) is 2.61. The van der Waals surface area contributed by atoms with Gasteiger partial charge < -0.3 is 14.6 Å². The Morgan fingerprint density at radius 3 is 2.48 bits per heavy atom. The second-order valence-corrected chi connectivity index (χ2v) is 6.33. The van der Waals surface area contributed by atoms with Gasteiger partial charge in [0.25, 0.3) is 0 Å². The highest BCUT2D eigenvalue weighted by atomic mass is 35.5. The Hall–Kier alpha value is -2.02. The highest BCUT2D eigenvalue weighted by Crippen LogP contribution is 2.29. The molecule has 134 valence electrons. The molecule has 0 radical (unpaired) electrons. The second-order valence-electron chi connectivity index (χ2n) is 5.51. The minimum Gasteiger partial charge on any atom is -0.468 e. The van der Waals surface area contributed by atoms with Crippen LogP contribution in [0.3, 0.4) is 0 Å². The Kier molecular flexibility index (Phi) is 6.87. The maximum Gasteiger partial charge on any atom is 0.244 e. The molecule has 0 bridgehead atoms. The van der Waals surface area contributed by atoms with Crippen molar-refractivity contribution in [3.8, 4) is 0 Å². The summed E-state index contributed by atoms with van der Waals surface area (Å²) in [6.45, 7) is 1.86. The molecular formula is C17H19Cl2N3O3. The quantitative estimate of drug-likeness (QED) is 0.768. The van der Waals surface area contributed by atoms with Crippen LogP contribution in [0.4, 0.5) is 5.69 Å². The van der Waals surface area contributed by atoms with E-state index in [2.05, 4.69) is 10.6 Å². The number of anilines is 1. The summed E-state index contributed by atoms with van der Waals surface area (Å²) in [7, 11) is 1.55. The molecule has 2 N–H and O–H groups in total. The van der Waals surface area contributed by atoms with E-state index in [1.54, 1.807) is 37.6 Å². The van der Waals surface area contributed by atoms with Crippen LogP contribution in [0.15, 0.2) is 41.0 Å². The third-order valence-electron chi connectivity index (χ3n) is 3.56. The molecule has 1 atom stereocenters. The lowest BCUT2D eigenvalue weighted by Crippen LogP contribution is -2.40. The molecule has 1 heterocycles. The van der Waals surface area contributed by atoms with Gasteiger partial charge in [-0.25, -0.2) is 0 Å². The molecule has 25 heavy (non-hydrogen) atoms. The summed E-state index contributed by atoms with van der Waals surface area (Å²) in [5, 5.41) is 6.34.